The largest absolute Gasteiger partial charge is 0.511 e. The predicted molar refractivity (Wildman–Crippen MR) is 71.5 cm³/mol. The van der Waals surface area contributed by atoms with Crippen molar-refractivity contribution in [2.75, 3.05) is 6.54 Å². The summed E-state index contributed by atoms with van der Waals surface area (Å²) in [5, 5.41) is 12.8. The molecule has 0 fully saturated rings. The molecular formula is C11H21N5O4. The van der Waals surface area contributed by atoms with Gasteiger partial charge >= 0.3 is 12.1 Å². The second-order valence-electron chi connectivity index (χ2n) is 5.14. The standard InChI is InChI=1S/C11H21N5O4/c1-11(2,3)20-10(19)16(15-14-13)8(9(17)18)6-4-5-7-12/h8H,4-7,12H2,1-3H3,(H,17,18)/t8-/m0/s1. The highest BCUT2D eigenvalue weighted by atomic mass is 16.6. The van der Waals surface area contributed by atoms with E-state index in [9.17, 15) is 9.59 Å². The fourth-order valence-corrected chi connectivity index (χ4v) is 1.41. The third-order valence-electron chi connectivity index (χ3n) is 2.23. The van der Waals surface area contributed by atoms with Gasteiger partial charge in [0.1, 0.15) is 5.60 Å². The maximum atomic E-state index is 11.9. The van der Waals surface area contributed by atoms with Gasteiger partial charge in [-0.05, 0) is 51.8 Å². The predicted octanol–water partition coefficient (Wildman–Crippen LogP) is 2.03. The van der Waals surface area contributed by atoms with Crippen molar-refractivity contribution in [1.29, 1.82) is 0 Å². The molecule has 20 heavy (non-hydrogen) atoms. The van der Waals surface area contributed by atoms with Crippen LogP contribution in [0.1, 0.15) is 40.0 Å². The average molecular weight is 287 g/mol. The lowest BCUT2D eigenvalue weighted by atomic mass is 10.1. The highest BCUT2D eigenvalue weighted by Crippen LogP contribution is 2.16. The number of aliphatic carboxylic acids is 1. The fraction of sp³-hybridized carbons (Fsp3) is 0.818. The normalized spacial score (nSPS) is 12.2. The van der Waals surface area contributed by atoms with Crippen LogP contribution in [0, 0.1) is 0 Å². The topological polar surface area (TPSA) is 142 Å². The van der Waals surface area contributed by atoms with Crippen LogP contribution < -0.4 is 5.73 Å². The first kappa shape index (κ1) is 18.0. The van der Waals surface area contributed by atoms with Gasteiger partial charge in [-0.15, -0.1) is 10.5 Å². The molecule has 0 saturated heterocycles. The Bertz CT molecular complexity index is 387. The Kier molecular flexibility index (Phi) is 7.42. The Balaban J connectivity index is 5.03. The molecule has 1 atom stereocenters. The van der Waals surface area contributed by atoms with Crippen molar-refractivity contribution in [3.8, 4) is 0 Å². The monoisotopic (exact) mass is 287 g/mol. The number of azide groups is 1. The van der Waals surface area contributed by atoms with Gasteiger partial charge < -0.3 is 15.6 Å². The summed E-state index contributed by atoms with van der Waals surface area (Å²) in [6, 6.07) is -1.27. The van der Waals surface area contributed by atoms with Crippen LogP contribution in [0.25, 0.3) is 10.4 Å². The third kappa shape index (κ3) is 6.81. The van der Waals surface area contributed by atoms with Gasteiger partial charge in [0.25, 0.3) is 0 Å². The highest BCUT2D eigenvalue weighted by Gasteiger charge is 2.36. The number of hydrogen-bond acceptors (Lipinski definition) is 5. The Morgan fingerprint density at radius 2 is 2.05 bits per heavy atom. The van der Waals surface area contributed by atoms with Gasteiger partial charge in [-0.25, -0.2) is 4.79 Å². The number of nitrogens with zero attached hydrogens (tertiary/aromatic N) is 4. The summed E-state index contributed by atoms with van der Waals surface area (Å²) < 4.78 is 5.02. The summed E-state index contributed by atoms with van der Waals surface area (Å²) in [7, 11) is 0. The lowest BCUT2D eigenvalue weighted by Crippen LogP contribution is -2.44. The number of rotatable bonds is 7. The van der Waals surface area contributed by atoms with Crippen molar-refractivity contribution >= 4 is 12.1 Å². The summed E-state index contributed by atoms with van der Waals surface area (Å²) in [5.41, 5.74) is 13.0. The molecule has 0 aliphatic rings. The lowest BCUT2D eigenvalue weighted by molar-refractivity contribution is -0.143. The molecule has 0 unspecified atom stereocenters. The lowest BCUT2D eigenvalue weighted by Gasteiger charge is -2.24. The molecule has 1 amide bonds. The van der Waals surface area contributed by atoms with Gasteiger partial charge in [0, 0.05) is 0 Å². The van der Waals surface area contributed by atoms with Crippen LogP contribution in [-0.2, 0) is 9.53 Å². The van der Waals surface area contributed by atoms with Gasteiger partial charge in [-0.3, -0.25) is 0 Å². The maximum absolute atomic E-state index is 11.9. The van der Waals surface area contributed by atoms with E-state index < -0.39 is 23.7 Å². The summed E-state index contributed by atoms with van der Waals surface area (Å²) in [6.45, 7) is 5.30. The molecule has 9 nitrogen and oxygen atoms in total. The number of carbonyl (C=O) groups is 2. The Hall–Kier alpha value is -1.99. The van der Waals surface area contributed by atoms with E-state index in [0.717, 1.165) is 0 Å². The zero-order valence-corrected chi connectivity index (χ0v) is 11.9. The molecule has 0 aliphatic heterocycles. The quantitative estimate of drug-likeness (QED) is 0.242. The molecular weight excluding hydrogens is 266 g/mol. The number of carboxylic acid groups (broad SMARTS) is 1. The van der Waals surface area contributed by atoms with Crippen LogP contribution >= 0.6 is 0 Å². The molecule has 0 saturated carbocycles. The first-order valence-corrected chi connectivity index (χ1v) is 6.23. The van der Waals surface area contributed by atoms with Gasteiger partial charge in [0.15, 0.2) is 0 Å². The number of carbonyl (C=O) groups excluding carboxylic acids is 1. The van der Waals surface area contributed by atoms with Gasteiger partial charge in [-0.1, -0.05) is 0 Å². The van der Waals surface area contributed by atoms with E-state index in [1.54, 1.807) is 20.8 Å². The summed E-state index contributed by atoms with van der Waals surface area (Å²) in [4.78, 5) is 25.6. The zero-order chi connectivity index (χ0) is 15.8. The van der Waals surface area contributed by atoms with E-state index in [-0.39, 0.29) is 6.42 Å². The first-order chi connectivity index (χ1) is 9.22. The molecule has 3 N–H and O–H groups in total. The summed E-state index contributed by atoms with van der Waals surface area (Å²) >= 11 is 0. The van der Waals surface area contributed by atoms with Crippen LogP contribution in [0.2, 0.25) is 0 Å². The molecule has 0 aromatic heterocycles. The number of carboxylic acids is 1. The number of ether oxygens (including phenoxy) is 1. The molecule has 0 rings (SSSR count). The van der Waals surface area contributed by atoms with Gasteiger partial charge in [0.2, 0.25) is 6.04 Å². The van der Waals surface area contributed by atoms with E-state index in [1.807, 2.05) is 0 Å². The Labute approximate surface area is 117 Å². The van der Waals surface area contributed by atoms with Crippen LogP contribution in [0.4, 0.5) is 4.79 Å². The third-order valence-corrected chi connectivity index (χ3v) is 2.23. The summed E-state index contributed by atoms with van der Waals surface area (Å²) in [6.07, 6.45) is 0.246. The van der Waals surface area contributed by atoms with Gasteiger partial charge in [0.05, 0.1) is 0 Å². The zero-order valence-electron chi connectivity index (χ0n) is 11.9. The van der Waals surface area contributed by atoms with Crippen molar-refractivity contribution in [3.63, 3.8) is 0 Å². The second-order valence-corrected chi connectivity index (χ2v) is 5.14. The molecule has 0 radical (unpaired) electrons. The van der Waals surface area contributed by atoms with Crippen molar-refractivity contribution in [2.24, 2.45) is 11.0 Å². The van der Waals surface area contributed by atoms with Crippen LogP contribution in [0.15, 0.2) is 5.22 Å². The molecule has 9 heteroatoms. The van der Waals surface area contributed by atoms with Crippen molar-refractivity contribution < 1.29 is 19.4 Å². The number of hydrogen-bond donors (Lipinski definition) is 2. The Morgan fingerprint density at radius 3 is 2.45 bits per heavy atom. The van der Waals surface area contributed by atoms with E-state index in [0.29, 0.717) is 24.4 Å². The molecule has 0 heterocycles. The number of amides is 1. The van der Waals surface area contributed by atoms with Crippen LogP contribution in [0.5, 0.6) is 0 Å². The van der Waals surface area contributed by atoms with E-state index in [1.165, 1.54) is 0 Å². The fourth-order valence-electron chi connectivity index (χ4n) is 1.41. The Morgan fingerprint density at radius 1 is 1.45 bits per heavy atom. The number of unbranched alkanes of at least 4 members (excludes halogenated alkanes) is 1. The van der Waals surface area contributed by atoms with E-state index in [4.69, 9.17) is 21.1 Å². The van der Waals surface area contributed by atoms with E-state index >= 15 is 0 Å². The minimum Gasteiger partial charge on any atom is -0.478 e. The van der Waals surface area contributed by atoms with Crippen molar-refractivity contribution in [1.82, 2.24) is 5.01 Å². The first-order valence-electron chi connectivity index (χ1n) is 6.23. The summed E-state index contributed by atoms with van der Waals surface area (Å²) in [5.74, 6) is -1.26. The van der Waals surface area contributed by atoms with Crippen LogP contribution in [-0.4, -0.2) is 40.4 Å². The SMILES string of the molecule is CC(C)(C)OC(=O)N(N=[N+]=[N-])[C@@H](CCCCN)C(=O)O. The average Bonchev–Trinajstić information content (AvgIpc) is 2.30. The number of nitrogens with two attached hydrogens (primary N) is 1. The minimum atomic E-state index is -1.27. The molecule has 0 bridgehead atoms. The molecule has 0 aliphatic carbocycles. The van der Waals surface area contributed by atoms with E-state index in [2.05, 4.69) is 10.1 Å². The molecule has 0 spiro atoms. The maximum Gasteiger partial charge on any atom is 0.511 e. The van der Waals surface area contributed by atoms with Crippen LogP contribution in [0.3, 0.4) is 0 Å². The van der Waals surface area contributed by atoms with Gasteiger partial charge in [-0.2, -0.15) is 9.71 Å². The minimum absolute atomic E-state index is 0.130. The smallest absolute Gasteiger partial charge is 0.478 e. The highest BCUT2D eigenvalue weighted by molar-refractivity contribution is 5.79. The van der Waals surface area contributed by atoms with Crippen molar-refractivity contribution in [3.05, 3.63) is 10.4 Å². The second kappa shape index (κ2) is 8.23. The van der Waals surface area contributed by atoms with Crippen molar-refractivity contribution in [2.45, 2.75) is 51.7 Å². The molecule has 0 aromatic rings. The molecule has 0 aromatic carbocycles. The molecule has 114 valence electrons.